The summed E-state index contributed by atoms with van der Waals surface area (Å²) >= 11 is 0. The summed E-state index contributed by atoms with van der Waals surface area (Å²) in [5, 5.41) is 2.40. The van der Waals surface area contributed by atoms with Crippen LogP contribution in [0.4, 0.5) is 18.9 Å². The van der Waals surface area contributed by atoms with Gasteiger partial charge in [-0.25, -0.2) is 0 Å². The maximum absolute atomic E-state index is 12.8. The van der Waals surface area contributed by atoms with Crippen LogP contribution in [-0.4, -0.2) is 19.1 Å². The van der Waals surface area contributed by atoms with Crippen LogP contribution in [0.5, 0.6) is 0 Å². The van der Waals surface area contributed by atoms with E-state index in [9.17, 15) is 18.0 Å². The Hall–Kier alpha value is -1.60. The molecule has 1 rings (SSSR count). The van der Waals surface area contributed by atoms with Crippen molar-refractivity contribution in [2.45, 2.75) is 38.9 Å². The lowest BCUT2D eigenvalue weighted by Gasteiger charge is -2.12. The van der Waals surface area contributed by atoms with E-state index in [0.717, 1.165) is 31.4 Å². The molecule has 0 bridgehead atoms. The Morgan fingerprint density at radius 3 is 2.59 bits per heavy atom. The van der Waals surface area contributed by atoms with Gasteiger partial charge >= 0.3 is 6.18 Å². The summed E-state index contributed by atoms with van der Waals surface area (Å²) < 4.78 is 43.5. The average Bonchev–Trinajstić information content (AvgIpc) is 2.45. The first-order valence-corrected chi connectivity index (χ1v) is 7.15. The highest BCUT2D eigenvalue weighted by Gasteiger charge is 2.31. The first kappa shape index (κ1) is 18.4. The molecule has 22 heavy (non-hydrogen) atoms. The Morgan fingerprint density at radius 1 is 1.27 bits per heavy atom. The third-order valence-corrected chi connectivity index (χ3v) is 2.96. The number of ether oxygens (including phenoxy) is 1. The number of nitrogens with one attached hydrogen (secondary N) is 1. The Morgan fingerprint density at radius 2 is 2.00 bits per heavy atom. The molecule has 0 saturated heterocycles. The number of alkyl halides is 3. The van der Waals surface area contributed by atoms with E-state index in [1.54, 1.807) is 0 Å². The zero-order valence-electron chi connectivity index (χ0n) is 12.5. The van der Waals surface area contributed by atoms with E-state index < -0.39 is 17.6 Å². The van der Waals surface area contributed by atoms with Crippen molar-refractivity contribution in [1.29, 1.82) is 0 Å². The summed E-state index contributed by atoms with van der Waals surface area (Å²) in [5.74, 6) is -0.487. The number of hydrogen-bond donors (Lipinski definition) is 2. The number of nitrogens with two attached hydrogens (primary N) is 1. The lowest BCUT2D eigenvalue weighted by Crippen LogP contribution is -2.19. The molecule has 0 radical (unpaired) electrons. The van der Waals surface area contributed by atoms with E-state index in [1.165, 1.54) is 6.07 Å². The zero-order valence-corrected chi connectivity index (χ0v) is 12.5. The van der Waals surface area contributed by atoms with Crippen LogP contribution in [0.15, 0.2) is 18.2 Å². The van der Waals surface area contributed by atoms with Crippen LogP contribution >= 0.6 is 0 Å². The van der Waals surface area contributed by atoms with Crippen molar-refractivity contribution in [2.75, 3.05) is 18.5 Å². The van der Waals surface area contributed by atoms with E-state index in [-0.39, 0.29) is 18.8 Å². The van der Waals surface area contributed by atoms with Gasteiger partial charge in [-0.1, -0.05) is 19.8 Å². The van der Waals surface area contributed by atoms with E-state index >= 15 is 0 Å². The van der Waals surface area contributed by atoms with Crippen LogP contribution < -0.4 is 11.1 Å². The van der Waals surface area contributed by atoms with Crippen molar-refractivity contribution in [3.63, 3.8) is 0 Å². The molecule has 124 valence electrons. The number of benzene rings is 1. The fourth-order valence-corrected chi connectivity index (χ4v) is 1.86. The molecule has 0 aliphatic heterocycles. The van der Waals surface area contributed by atoms with Crippen LogP contribution in [0.25, 0.3) is 0 Å². The normalized spacial score (nSPS) is 11.5. The van der Waals surface area contributed by atoms with Gasteiger partial charge in [-0.05, 0) is 30.2 Å². The van der Waals surface area contributed by atoms with Gasteiger partial charge in [0.15, 0.2) is 0 Å². The van der Waals surface area contributed by atoms with Crippen LogP contribution in [0.3, 0.4) is 0 Å². The van der Waals surface area contributed by atoms with Crippen molar-refractivity contribution in [1.82, 2.24) is 0 Å². The highest BCUT2D eigenvalue weighted by Crippen LogP contribution is 2.31. The molecule has 0 aliphatic rings. The van der Waals surface area contributed by atoms with Crippen LogP contribution in [-0.2, 0) is 22.3 Å². The third kappa shape index (κ3) is 6.44. The van der Waals surface area contributed by atoms with Crippen molar-refractivity contribution in [2.24, 2.45) is 5.73 Å². The molecule has 0 fully saturated rings. The zero-order chi connectivity index (χ0) is 16.6. The number of hydrogen-bond acceptors (Lipinski definition) is 3. The largest absolute Gasteiger partial charge is 0.416 e. The minimum absolute atomic E-state index is 0.0414. The number of anilines is 1. The second kappa shape index (κ2) is 8.75. The average molecular weight is 318 g/mol. The summed E-state index contributed by atoms with van der Waals surface area (Å²) in [6, 6.07) is 3.27. The second-order valence-electron chi connectivity index (χ2n) is 4.93. The molecule has 0 heterocycles. The van der Waals surface area contributed by atoms with Gasteiger partial charge in [-0.15, -0.1) is 0 Å². The molecule has 0 spiro atoms. The number of unbranched alkanes of at least 4 members (excludes halogenated alkanes) is 2. The minimum atomic E-state index is -4.48. The predicted octanol–water partition coefficient (Wildman–Crippen LogP) is 3.31. The molecule has 0 unspecified atom stereocenters. The van der Waals surface area contributed by atoms with Crippen LogP contribution in [0.2, 0.25) is 0 Å². The highest BCUT2D eigenvalue weighted by molar-refractivity contribution is 5.91. The van der Waals surface area contributed by atoms with Crippen LogP contribution in [0, 0.1) is 0 Å². The van der Waals surface area contributed by atoms with Gasteiger partial charge in [0.1, 0.15) is 6.61 Å². The minimum Gasteiger partial charge on any atom is -0.372 e. The van der Waals surface area contributed by atoms with E-state index in [2.05, 4.69) is 12.2 Å². The molecule has 0 atom stereocenters. The molecule has 0 aliphatic carbocycles. The fourth-order valence-electron chi connectivity index (χ4n) is 1.86. The summed E-state index contributed by atoms with van der Waals surface area (Å²) in [6.07, 6.45) is -1.58. The maximum Gasteiger partial charge on any atom is 0.416 e. The Balaban J connectivity index is 2.62. The fraction of sp³-hybridized carbons (Fsp3) is 0.533. The molecular weight excluding hydrogens is 297 g/mol. The SMILES string of the molecule is CCCCCOCC(=O)Nc1cc(CN)cc(C(F)(F)F)c1. The Kier molecular flexibility index (Phi) is 7.34. The molecule has 1 aromatic rings. The van der Waals surface area contributed by atoms with Crippen molar-refractivity contribution in [3.8, 4) is 0 Å². The van der Waals surface area contributed by atoms with E-state index in [4.69, 9.17) is 10.5 Å². The standard InChI is InChI=1S/C15H21F3N2O2/c1-2-3-4-5-22-10-14(21)20-13-7-11(9-19)6-12(8-13)15(16,17)18/h6-8H,2-5,9-10,19H2,1H3,(H,20,21). The van der Waals surface area contributed by atoms with Crippen molar-refractivity contribution in [3.05, 3.63) is 29.3 Å². The summed E-state index contributed by atoms with van der Waals surface area (Å²) in [5.41, 5.74) is 4.91. The van der Waals surface area contributed by atoms with Crippen molar-refractivity contribution < 1.29 is 22.7 Å². The monoisotopic (exact) mass is 318 g/mol. The molecule has 1 amide bonds. The summed E-state index contributed by atoms with van der Waals surface area (Å²) in [6.45, 7) is 2.28. The van der Waals surface area contributed by atoms with Gasteiger partial charge in [0.25, 0.3) is 0 Å². The van der Waals surface area contributed by atoms with Gasteiger partial charge in [0, 0.05) is 18.8 Å². The molecule has 3 N–H and O–H groups in total. The van der Waals surface area contributed by atoms with Gasteiger partial charge in [0.2, 0.25) is 5.91 Å². The quantitative estimate of drug-likeness (QED) is 0.723. The first-order valence-electron chi connectivity index (χ1n) is 7.15. The first-order chi connectivity index (χ1) is 10.4. The number of amides is 1. The highest BCUT2D eigenvalue weighted by atomic mass is 19.4. The van der Waals surface area contributed by atoms with E-state index in [0.29, 0.717) is 12.2 Å². The molecular formula is C15H21F3N2O2. The predicted molar refractivity (Wildman–Crippen MR) is 78.3 cm³/mol. The van der Waals surface area contributed by atoms with Crippen LogP contribution in [0.1, 0.15) is 37.3 Å². The molecule has 0 saturated carbocycles. The van der Waals surface area contributed by atoms with Gasteiger partial charge in [0.05, 0.1) is 5.56 Å². The lowest BCUT2D eigenvalue weighted by atomic mass is 10.1. The molecule has 4 nitrogen and oxygen atoms in total. The van der Waals surface area contributed by atoms with Gasteiger partial charge in [-0.2, -0.15) is 13.2 Å². The number of halogens is 3. The topological polar surface area (TPSA) is 64.3 Å². The number of carbonyl (C=O) groups is 1. The molecule has 7 heteroatoms. The van der Waals surface area contributed by atoms with Gasteiger partial charge in [-0.3, -0.25) is 4.79 Å². The maximum atomic E-state index is 12.8. The lowest BCUT2D eigenvalue weighted by molar-refractivity contribution is -0.137. The van der Waals surface area contributed by atoms with Gasteiger partial charge < -0.3 is 15.8 Å². The Bertz CT molecular complexity index is 490. The summed E-state index contributed by atoms with van der Waals surface area (Å²) in [4.78, 5) is 11.7. The smallest absolute Gasteiger partial charge is 0.372 e. The second-order valence-corrected chi connectivity index (χ2v) is 4.93. The molecule has 0 aromatic heterocycles. The third-order valence-electron chi connectivity index (χ3n) is 2.96. The van der Waals surface area contributed by atoms with E-state index in [1.807, 2.05) is 0 Å². The molecule has 1 aromatic carbocycles. The number of rotatable bonds is 8. The number of carbonyl (C=O) groups excluding carboxylic acids is 1. The Labute approximate surface area is 127 Å². The summed E-state index contributed by atoms with van der Waals surface area (Å²) in [7, 11) is 0. The van der Waals surface area contributed by atoms with Crippen molar-refractivity contribution >= 4 is 11.6 Å².